The number of nitrogens with one attached hydrogen (secondary N) is 1. The van der Waals surface area contributed by atoms with E-state index < -0.39 is 11.7 Å². The van der Waals surface area contributed by atoms with E-state index in [1.54, 1.807) is 0 Å². The molecule has 0 bridgehead atoms. The number of unbranched alkanes of at least 4 members (excludes halogenated alkanes) is 13. The van der Waals surface area contributed by atoms with Gasteiger partial charge in [-0.3, -0.25) is 0 Å². The Kier molecular flexibility index (Phi) is 29.3. The van der Waals surface area contributed by atoms with Crippen LogP contribution in [0.25, 0.3) is 0 Å². The van der Waals surface area contributed by atoms with Crippen molar-refractivity contribution in [1.82, 2.24) is 5.32 Å². The highest BCUT2D eigenvalue weighted by Gasteiger charge is 2.15. The minimum absolute atomic E-state index is 0.405. The monoisotopic (exact) mass is 561 g/mol. The minimum Gasteiger partial charge on any atom is -0.444 e. The van der Waals surface area contributed by atoms with Crippen molar-refractivity contribution >= 4 is 6.09 Å². The highest BCUT2D eigenvalue weighted by Crippen LogP contribution is 2.13. The molecule has 0 saturated heterocycles. The van der Waals surface area contributed by atoms with E-state index in [4.69, 9.17) is 28.4 Å². The van der Waals surface area contributed by atoms with Crippen LogP contribution in [0.1, 0.15) is 118 Å². The summed E-state index contributed by atoms with van der Waals surface area (Å²) in [4.78, 5) is 11.5. The average molecular weight is 562 g/mol. The van der Waals surface area contributed by atoms with Gasteiger partial charge in [0.25, 0.3) is 0 Å². The summed E-state index contributed by atoms with van der Waals surface area (Å²) in [6.07, 6.45) is 18.8. The van der Waals surface area contributed by atoms with Crippen LogP contribution in [0.4, 0.5) is 4.79 Å². The van der Waals surface area contributed by atoms with E-state index >= 15 is 0 Å². The first-order valence-corrected chi connectivity index (χ1v) is 15.8. The molecule has 0 aliphatic rings. The van der Waals surface area contributed by atoms with Gasteiger partial charge in [-0.2, -0.15) is 0 Å². The van der Waals surface area contributed by atoms with Crippen molar-refractivity contribution in [3.8, 4) is 0 Å². The molecule has 1 amide bonds. The second kappa shape index (κ2) is 30.0. The fraction of sp³-hybridized carbons (Fsp3) is 0.968. The second-order valence-corrected chi connectivity index (χ2v) is 11.1. The highest BCUT2D eigenvalue weighted by molar-refractivity contribution is 5.67. The van der Waals surface area contributed by atoms with Crippen LogP contribution in [0.15, 0.2) is 0 Å². The molecule has 8 heteroatoms. The van der Waals surface area contributed by atoms with Gasteiger partial charge in [-0.1, -0.05) is 90.4 Å². The van der Waals surface area contributed by atoms with Crippen LogP contribution >= 0.6 is 0 Å². The van der Waals surface area contributed by atoms with Crippen LogP contribution in [-0.4, -0.2) is 84.3 Å². The van der Waals surface area contributed by atoms with Crippen molar-refractivity contribution in [2.24, 2.45) is 0 Å². The zero-order valence-electron chi connectivity index (χ0n) is 26.0. The van der Waals surface area contributed by atoms with Crippen molar-refractivity contribution < 1.29 is 33.2 Å². The number of carbonyl (C=O) groups is 1. The Labute approximate surface area is 240 Å². The second-order valence-electron chi connectivity index (χ2n) is 11.1. The summed E-state index contributed by atoms with van der Waals surface area (Å²) in [5, 5.41) is 2.64. The van der Waals surface area contributed by atoms with Crippen LogP contribution in [0.3, 0.4) is 0 Å². The number of ether oxygens (including phenoxy) is 6. The zero-order chi connectivity index (χ0) is 28.7. The summed E-state index contributed by atoms with van der Waals surface area (Å²) >= 11 is 0. The normalized spacial score (nSPS) is 11.7. The molecular weight excluding hydrogens is 498 g/mol. The smallest absolute Gasteiger partial charge is 0.407 e. The maximum atomic E-state index is 11.5. The highest BCUT2D eigenvalue weighted by atomic mass is 16.6. The maximum Gasteiger partial charge on any atom is 0.407 e. The molecule has 0 rings (SSSR count). The summed E-state index contributed by atoms with van der Waals surface area (Å²) in [5.41, 5.74) is -0.493. The SMILES string of the molecule is CCCCCCCCCCCCCCCCOCCOCCOCCOCCOCCNC(=O)OC(C)(C)C. The number of amides is 1. The first kappa shape index (κ1) is 38.1. The van der Waals surface area contributed by atoms with Gasteiger partial charge >= 0.3 is 6.09 Å². The number of rotatable bonds is 30. The van der Waals surface area contributed by atoms with Gasteiger partial charge in [0.05, 0.1) is 59.5 Å². The summed E-state index contributed by atoms with van der Waals surface area (Å²) in [7, 11) is 0. The molecule has 0 saturated carbocycles. The molecule has 234 valence electrons. The Hall–Kier alpha value is -0.930. The van der Waals surface area contributed by atoms with Crippen molar-refractivity contribution in [2.45, 2.75) is 123 Å². The van der Waals surface area contributed by atoms with Gasteiger partial charge in [0, 0.05) is 13.2 Å². The Bertz CT molecular complexity index is 500. The molecule has 0 aromatic carbocycles. The van der Waals surface area contributed by atoms with E-state index in [1.807, 2.05) is 20.8 Å². The Balaban J connectivity index is 3.09. The number of alkyl carbamates (subject to hydrolysis) is 1. The van der Waals surface area contributed by atoms with Crippen LogP contribution in [0.5, 0.6) is 0 Å². The largest absolute Gasteiger partial charge is 0.444 e. The van der Waals surface area contributed by atoms with Gasteiger partial charge in [-0.15, -0.1) is 0 Å². The molecule has 0 aromatic heterocycles. The van der Waals surface area contributed by atoms with Gasteiger partial charge in [0.1, 0.15) is 5.60 Å². The van der Waals surface area contributed by atoms with Crippen molar-refractivity contribution in [3.63, 3.8) is 0 Å². The standard InChI is InChI=1S/C31H63NO7/c1-5-6-7-8-9-10-11-12-13-14-15-16-17-18-20-34-22-24-36-26-28-38-29-27-37-25-23-35-21-19-32-30(33)39-31(2,3)4/h5-29H2,1-4H3,(H,32,33). The molecule has 8 nitrogen and oxygen atoms in total. The third-order valence-electron chi connectivity index (χ3n) is 6.04. The zero-order valence-corrected chi connectivity index (χ0v) is 26.0. The van der Waals surface area contributed by atoms with Gasteiger partial charge < -0.3 is 33.7 Å². The lowest BCUT2D eigenvalue weighted by Gasteiger charge is -2.19. The Morgan fingerprint density at radius 1 is 0.487 bits per heavy atom. The van der Waals surface area contributed by atoms with Gasteiger partial charge in [0.15, 0.2) is 0 Å². The lowest BCUT2D eigenvalue weighted by Crippen LogP contribution is -2.34. The van der Waals surface area contributed by atoms with Crippen molar-refractivity contribution in [1.29, 1.82) is 0 Å². The molecule has 0 aliphatic carbocycles. The topological polar surface area (TPSA) is 84.5 Å². The number of hydrogen-bond acceptors (Lipinski definition) is 7. The molecule has 0 aliphatic heterocycles. The first-order valence-electron chi connectivity index (χ1n) is 15.8. The molecule has 0 atom stereocenters. The minimum atomic E-state index is -0.493. The van der Waals surface area contributed by atoms with E-state index in [0.717, 1.165) is 13.0 Å². The Morgan fingerprint density at radius 3 is 1.21 bits per heavy atom. The predicted octanol–water partition coefficient (Wildman–Crippen LogP) is 7.08. The van der Waals surface area contributed by atoms with Crippen LogP contribution in [0.2, 0.25) is 0 Å². The van der Waals surface area contributed by atoms with E-state index in [0.29, 0.717) is 66.0 Å². The third-order valence-corrected chi connectivity index (χ3v) is 6.04. The molecule has 0 radical (unpaired) electrons. The molecule has 0 unspecified atom stereocenters. The molecule has 39 heavy (non-hydrogen) atoms. The maximum absolute atomic E-state index is 11.5. The summed E-state index contributed by atoms with van der Waals surface area (Å²) in [6, 6.07) is 0. The molecule has 0 heterocycles. The average Bonchev–Trinajstić information content (AvgIpc) is 2.88. The number of hydrogen-bond donors (Lipinski definition) is 1. The van der Waals surface area contributed by atoms with Crippen LogP contribution in [-0.2, 0) is 28.4 Å². The van der Waals surface area contributed by atoms with Gasteiger partial charge in [-0.25, -0.2) is 4.79 Å². The molecule has 0 fully saturated rings. The fourth-order valence-corrected chi connectivity index (χ4v) is 3.92. The molecule has 1 N–H and O–H groups in total. The van der Waals surface area contributed by atoms with E-state index in [-0.39, 0.29) is 0 Å². The van der Waals surface area contributed by atoms with Gasteiger partial charge in [0.2, 0.25) is 0 Å². The van der Waals surface area contributed by atoms with Crippen LogP contribution < -0.4 is 5.32 Å². The Morgan fingerprint density at radius 2 is 0.821 bits per heavy atom. The lowest BCUT2D eigenvalue weighted by atomic mass is 10.0. The summed E-state index contributed by atoms with van der Waals surface area (Å²) in [5.74, 6) is 0. The van der Waals surface area contributed by atoms with Crippen molar-refractivity contribution in [3.05, 3.63) is 0 Å². The first-order chi connectivity index (χ1) is 19.0. The summed E-state index contributed by atoms with van der Waals surface area (Å²) in [6.45, 7) is 13.8. The third kappa shape index (κ3) is 35.0. The molecule has 0 aromatic rings. The van der Waals surface area contributed by atoms with Crippen molar-refractivity contribution in [2.75, 3.05) is 72.6 Å². The quantitative estimate of drug-likeness (QED) is 0.0938. The molecular formula is C31H63NO7. The van der Waals surface area contributed by atoms with E-state index in [9.17, 15) is 4.79 Å². The predicted molar refractivity (Wildman–Crippen MR) is 159 cm³/mol. The van der Waals surface area contributed by atoms with E-state index in [2.05, 4.69) is 12.2 Å². The fourth-order valence-electron chi connectivity index (χ4n) is 3.92. The molecule has 0 spiro atoms. The number of carbonyl (C=O) groups excluding carboxylic acids is 1. The lowest BCUT2D eigenvalue weighted by molar-refractivity contribution is -0.0111. The summed E-state index contributed by atoms with van der Waals surface area (Å²) < 4.78 is 32.7. The van der Waals surface area contributed by atoms with E-state index in [1.165, 1.54) is 83.5 Å². The van der Waals surface area contributed by atoms with Gasteiger partial charge in [-0.05, 0) is 27.2 Å². The van der Waals surface area contributed by atoms with Crippen LogP contribution in [0, 0.1) is 0 Å².